The molecule has 4 aliphatic rings. The van der Waals surface area contributed by atoms with Gasteiger partial charge in [-0.1, -0.05) is 53.2 Å². The summed E-state index contributed by atoms with van der Waals surface area (Å²) in [4.78, 5) is 64.4. The van der Waals surface area contributed by atoms with Gasteiger partial charge in [-0.05, 0) is 61.5 Å². The molecule has 0 bridgehead atoms. The number of hydrogen-bond donors (Lipinski definition) is 2. The Morgan fingerprint density at radius 1 is 1.16 bits per heavy atom. The Hall–Kier alpha value is -3.06. The van der Waals surface area contributed by atoms with Crippen LogP contribution in [-0.2, 0) is 38.2 Å². The molecule has 45 heavy (non-hydrogen) atoms. The molecule has 4 aliphatic carbocycles. The van der Waals surface area contributed by atoms with Crippen molar-refractivity contribution in [1.29, 1.82) is 0 Å². The van der Waals surface area contributed by atoms with E-state index in [2.05, 4.69) is 4.74 Å². The van der Waals surface area contributed by atoms with Gasteiger partial charge in [0.05, 0.1) is 6.10 Å². The molecule has 0 radical (unpaired) electrons. The molecule has 3 fully saturated rings. The van der Waals surface area contributed by atoms with Crippen LogP contribution in [0.4, 0.5) is 13.2 Å². The molecule has 0 saturated heterocycles. The van der Waals surface area contributed by atoms with Crippen LogP contribution in [0, 0.1) is 40.4 Å². The van der Waals surface area contributed by atoms with E-state index in [0.717, 1.165) is 5.57 Å². The third-order valence-electron chi connectivity index (χ3n) is 10.8. The van der Waals surface area contributed by atoms with Crippen molar-refractivity contribution in [3.05, 3.63) is 23.8 Å². The van der Waals surface area contributed by atoms with E-state index in [4.69, 9.17) is 15.2 Å². The number of aliphatic hydroxyl groups excluding tert-OH is 1. The third-order valence-corrected chi connectivity index (χ3v) is 10.8. The zero-order valence-corrected chi connectivity index (χ0v) is 26.3. The van der Waals surface area contributed by atoms with E-state index in [1.165, 1.54) is 13.0 Å². The molecule has 0 aromatic rings. The lowest BCUT2D eigenvalue weighted by Gasteiger charge is -2.61. The zero-order valence-electron chi connectivity index (χ0n) is 26.3. The third kappa shape index (κ3) is 5.75. The van der Waals surface area contributed by atoms with Crippen LogP contribution in [0.2, 0.25) is 0 Å². The van der Waals surface area contributed by atoms with Crippen LogP contribution in [0.5, 0.6) is 0 Å². The minimum atomic E-state index is -5.54. The van der Waals surface area contributed by atoms with E-state index >= 15 is 0 Å². The molecule has 4 unspecified atom stereocenters. The first-order valence-electron chi connectivity index (χ1n) is 15.4. The number of ether oxygens (including phenoxy) is 3. The second-order valence-corrected chi connectivity index (χ2v) is 13.7. The summed E-state index contributed by atoms with van der Waals surface area (Å²) in [5.41, 5.74) is 2.46. The van der Waals surface area contributed by atoms with E-state index in [-0.39, 0.29) is 55.1 Å². The minimum absolute atomic E-state index is 0.0810. The predicted molar refractivity (Wildman–Crippen MR) is 152 cm³/mol. The topological polar surface area (TPSA) is 159 Å². The first-order valence-corrected chi connectivity index (χ1v) is 15.4. The number of carbonyl (C=O) groups is 5. The predicted octanol–water partition coefficient (Wildman–Crippen LogP) is 3.73. The summed E-state index contributed by atoms with van der Waals surface area (Å²) in [5.74, 6) is -8.06. The second kappa shape index (κ2) is 11.9. The smallest absolute Gasteiger partial charge is 0.450 e. The lowest BCUT2D eigenvalue weighted by atomic mass is 9.44. The van der Waals surface area contributed by atoms with E-state index in [9.17, 15) is 42.3 Å². The molecule has 10 atom stereocenters. The highest BCUT2D eigenvalue weighted by Crippen LogP contribution is 2.68. The minimum Gasteiger partial charge on any atom is -0.450 e. The first-order chi connectivity index (χ1) is 20.7. The molecule has 4 rings (SSSR count). The number of nitrogens with two attached hydrogens (primary N) is 1. The molecule has 0 aromatic carbocycles. The summed E-state index contributed by atoms with van der Waals surface area (Å²) >= 11 is 0. The first kappa shape index (κ1) is 34.8. The Kier molecular flexibility index (Phi) is 9.24. The molecule has 3 saturated carbocycles. The molecule has 3 N–H and O–H groups in total. The van der Waals surface area contributed by atoms with Crippen molar-refractivity contribution in [3.63, 3.8) is 0 Å². The highest BCUT2D eigenvalue weighted by molar-refractivity contribution is 6.01. The van der Waals surface area contributed by atoms with Crippen LogP contribution in [0.25, 0.3) is 0 Å². The SMILES string of the molecule is CCC(=O)O[C@]1(C(=O)C(OC(=O)[C@@H](N)C(C)C)OC(=O)C(F)(F)F)CCC2C3C[C@H](C)C4=CC(=O)C=C[C@]4(C)C3[C@@H](O)C[C@@]21C. The Labute approximate surface area is 259 Å². The molecule has 0 aliphatic heterocycles. The van der Waals surface area contributed by atoms with Crippen LogP contribution < -0.4 is 5.73 Å². The largest absolute Gasteiger partial charge is 0.491 e. The van der Waals surface area contributed by atoms with Crippen molar-refractivity contribution in [2.24, 2.45) is 46.2 Å². The van der Waals surface area contributed by atoms with Crippen molar-refractivity contribution < 1.29 is 56.5 Å². The van der Waals surface area contributed by atoms with E-state index in [1.807, 2.05) is 13.8 Å². The number of aliphatic hydroxyl groups is 1. The normalized spacial score (nSPS) is 37.0. The maximum atomic E-state index is 14.4. The summed E-state index contributed by atoms with van der Waals surface area (Å²) in [6.07, 6.45) is -4.16. The number of allylic oxidation sites excluding steroid dienone is 4. The number of alkyl halides is 3. The Balaban J connectivity index is 1.81. The van der Waals surface area contributed by atoms with Gasteiger partial charge in [0.15, 0.2) is 11.4 Å². The average molecular weight is 642 g/mol. The number of halogens is 3. The van der Waals surface area contributed by atoms with Crippen LogP contribution >= 0.6 is 0 Å². The second-order valence-electron chi connectivity index (χ2n) is 13.7. The molecule has 10 nitrogen and oxygen atoms in total. The van der Waals surface area contributed by atoms with Gasteiger partial charge in [-0.3, -0.25) is 19.2 Å². The molecule has 0 spiro atoms. The molecule has 13 heteroatoms. The Morgan fingerprint density at radius 3 is 2.38 bits per heavy atom. The van der Waals surface area contributed by atoms with Crippen molar-refractivity contribution in [2.75, 3.05) is 0 Å². The van der Waals surface area contributed by atoms with Gasteiger partial charge in [-0.15, -0.1) is 0 Å². The number of carbonyl (C=O) groups excluding carboxylic acids is 5. The van der Waals surface area contributed by atoms with Crippen molar-refractivity contribution >= 4 is 29.5 Å². The average Bonchev–Trinajstić information content (AvgIpc) is 3.23. The summed E-state index contributed by atoms with van der Waals surface area (Å²) < 4.78 is 55.5. The number of Topliss-reactive ketones (excluding diaryl/α,β-unsaturated/α-hetero) is 1. The van der Waals surface area contributed by atoms with Gasteiger partial charge in [0.1, 0.15) is 6.04 Å². The van der Waals surface area contributed by atoms with Gasteiger partial charge in [0, 0.05) is 23.2 Å². The molecule has 0 amide bonds. The van der Waals surface area contributed by atoms with E-state index in [0.29, 0.717) is 6.42 Å². The number of ketones is 2. The quantitative estimate of drug-likeness (QED) is 0.295. The lowest BCUT2D eigenvalue weighted by Crippen LogP contribution is -2.65. The number of fused-ring (bicyclic) bond motifs is 5. The molecule has 0 aromatic heterocycles. The lowest BCUT2D eigenvalue weighted by molar-refractivity contribution is -0.236. The fraction of sp³-hybridized carbons (Fsp3) is 0.719. The Morgan fingerprint density at radius 2 is 1.80 bits per heavy atom. The molecular formula is C32H42F3NO9. The van der Waals surface area contributed by atoms with Crippen LogP contribution in [0.3, 0.4) is 0 Å². The van der Waals surface area contributed by atoms with Gasteiger partial charge in [0.2, 0.25) is 0 Å². The highest BCUT2D eigenvalue weighted by Gasteiger charge is 2.72. The van der Waals surface area contributed by atoms with E-state index in [1.54, 1.807) is 32.9 Å². The molecule has 0 heterocycles. The molecular weight excluding hydrogens is 599 g/mol. The summed E-state index contributed by atoms with van der Waals surface area (Å²) in [7, 11) is 0. The standard InChI is InChI=1S/C32H42F3NO9/c1-7-22(39)45-31(25(40)27(44-28(42)32(33,34)35)43-26(41)24(36)15(2)3)11-9-19-18-12-16(4)20-13-17(37)8-10-29(20,5)23(18)21(38)14-30(19,31)6/h8,10,13,15-16,18-19,21,23-24,27,38H,7,9,11-12,14,36H2,1-6H3/t16-,18?,19?,21-,23?,24-,27?,29-,30-,31-/m0/s1. The number of esters is 3. The summed E-state index contributed by atoms with van der Waals surface area (Å²) in [5, 5.41) is 11.8. The van der Waals surface area contributed by atoms with Crippen molar-refractivity contribution in [3.8, 4) is 0 Å². The fourth-order valence-electron chi connectivity index (χ4n) is 8.57. The maximum absolute atomic E-state index is 14.4. The number of rotatable bonds is 8. The van der Waals surface area contributed by atoms with Crippen LogP contribution in [0.1, 0.15) is 73.6 Å². The zero-order chi connectivity index (χ0) is 33.9. The van der Waals surface area contributed by atoms with Crippen molar-refractivity contribution in [1.82, 2.24) is 0 Å². The molecule has 250 valence electrons. The van der Waals surface area contributed by atoms with Gasteiger partial charge >= 0.3 is 30.4 Å². The fourth-order valence-corrected chi connectivity index (χ4v) is 8.57. The summed E-state index contributed by atoms with van der Waals surface area (Å²) in [6, 6.07) is -1.37. The van der Waals surface area contributed by atoms with Crippen molar-refractivity contribution in [2.45, 2.75) is 104 Å². The van der Waals surface area contributed by atoms with Crippen LogP contribution in [-0.4, -0.2) is 64.8 Å². The van der Waals surface area contributed by atoms with Gasteiger partial charge in [-0.2, -0.15) is 13.2 Å². The van der Waals surface area contributed by atoms with Gasteiger partial charge in [0.25, 0.3) is 5.78 Å². The van der Waals surface area contributed by atoms with Gasteiger partial charge in [-0.25, -0.2) is 4.79 Å². The van der Waals surface area contributed by atoms with E-state index < -0.39 is 70.7 Å². The van der Waals surface area contributed by atoms with Gasteiger partial charge < -0.3 is 25.1 Å². The Bertz CT molecular complexity index is 1320. The van der Waals surface area contributed by atoms with Crippen LogP contribution in [0.15, 0.2) is 23.8 Å². The maximum Gasteiger partial charge on any atom is 0.491 e. The number of hydrogen-bond acceptors (Lipinski definition) is 10. The monoisotopic (exact) mass is 641 g/mol. The highest BCUT2D eigenvalue weighted by atomic mass is 19.4. The summed E-state index contributed by atoms with van der Waals surface area (Å²) in [6.45, 7) is 10.1.